The second-order valence-corrected chi connectivity index (χ2v) is 6.04. The van der Waals surface area contributed by atoms with Gasteiger partial charge in [-0.25, -0.2) is 9.38 Å². The molecule has 0 unspecified atom stereocenters. The van der Waals surface area contributed by atoms with Crippen molar-refractivity contribution >= 4 is 35.6 Å². The van der Waals surface area contributed by atoms with Crippen LogP contribution in [0.1, 0.15) is 17.0 Å². The molecule has 3 rings (SSSR count). The zero-order chi connectivity index (χ0) is 17.1. The van der Waals surface area contributed by atoms with Gasteiger partial charge in [-0.1, -0.05) is 0 Å². The Hall–Kier alpha value is -1.84. The lowest BCUT2D eigenvalue weighted by atomic mass is 10.2. The number of H-pyrrole nitrogens is 1. The standard InChI is InChI=1S/C17H23FN6.HI/c1-12-16(13(2)22-21-12)11-20-17(19)24-9-7-23(8-10-24)15-5-3-14(18)4-6-15;/h3-6H,7-11H2,1-2H3,(H2,19,20)(H,21,22);1H. The number of piperazine rings is 1. The van der Waals surface area contributed by atoms with Gasteiger partial charge in [-0.05, 0) is 38.1 Å². The molecule has 6 nitrogen and oxygen atoms in total. The molecule has 0 saturated carbocycles. The van der Waals surface area contributed by atoms with Crippen LogP contribution in [0.3, 0.4) is 0 Å². The number of nitrogens with one attached hydrogen (secondary N) is 1. The number of hydrogen-bond acceptors (Lipinski definition) is 3. The largest absolute Gasteiger partial charge is 0.370 e. The molecule has 0 bridgehead atoms. The Kier molecular flexibility index (Phi) is 6.63. The molecule has 136 valence electrons. The topological polar surface area (TPSA) is 73.5 Å². The molecule has 0 amide bonds. The minimum Gasteiger partial charge on any atom is -0.370 e. The number of aryl methyl sites for hydroxylation is 2. The number of nitrogens with zero attached hydrogens (tertiary/aromatic N) is 4. The maximum absolute atomic E-state index is 13.0. The molecule has 1 aromatic heterocycles. The molecule has 2 aromatic rings. The van der Waals surface area contributed by atoms with Crippen molar-refractivity contribution in [2.75, 3.05) is 31.1 Å². The average molecular weight is 458 g/mol. The van der Waals surface area contributed by atoms with Gasteiger partial charge in [0.1, 0.15) is 5.82 Å². The maximum atomic E-state index is 13.0. The van der Waals surface area contributed by atoms with Gasteiger partial charge in [0.15, 0.2) is 5.96 Å². The molecule has 2 heterocycles. The Morgan fingerprint density at radius 2 is 1.84 bits per heavy atom. The summed E-state index contributed by atoms with van der Waals surface area (Å²) in [5.74, 6) is 0.354. The van der Waals surface area contributed by atoms with Crippen molar-refractivity contribution in [3.8, 4) is 0 Å². The van der Waals surface area contributed by atoms with Gasteiger partial charge < -0.3 is 15.5 Å². The van der Waals surface area contributed by atoms with E-state index in [2.05, 4.69) is 25.0 Å². The van der Waals surface area contributed by atoms with E-state index in [9.17, 15) is 4.39 Å². The normalized spacial score (nSPS) is 15.2. The van der Waals surface area contributed by atoms with Crippen molar-refractivity contribution in [1.82, 2.24) is 15.1 Å². The summed E-state index contributed by atoms with van der Waals surface area (Å²) in [6.07, 6.45) is 0. The fourth-order valence-corrected chi connectivity index (χ4v) is 2.91. The van der Waals surface area contributed by atoms with Crippen LogP contribution in [-0.2, 0) is 6.54 Å². The molecule has 3 N–H and O–H groups in total. The monoisotopic (exact) mass is 458 g/mol. The van der Waals surface area contributed by atoms with Gasteiger partial charge in [-0.2, -0.15) is 5.10 Å². The van der Waals surface area contributed by atoms with E-state index in [1.807, 2.05) is 26.0 Å². The van der Waals surface area contributed by atoms with Crippen LogP contribution in [0.2, 0.25) is 0 Å². The summed E-state index contributed by atoms with van der Waals surface area (Å²) in [5, 5.41) is 7.14. The predicted octanol–water partition coefficient (Wildman–Crippen LogP) is 2.42. The van der Waals surface area contributed by atoms with Crippen molar-refractivity contribution in [3.05, 3.63) is 47.0 Å². The molecule has 8 heteroatoms. The Morgan fingerprint density at radius 3 is 2.40 bits per heavy atom. The number of aromatic nitrogens is 2. The molecular weight excluding hydrogens is 434 g/mol. The SMILES string of the molecule is Cc1n[nH]c(C)c1CN=C(N)N1CCN(c2ccc(F)cc2)CC1.I. The minimum absolute atomic E-state index is 0. The number of nitrogens with two attached hydrogens (primary N) is 1. The molecule has 0 aliphatic carbocycles. The third-order valence-electron chi connectivity index (χ3n) is 4.48. The highest BCUT2D eigenvalue weighted by Gasteiger charge is 2.18. The lowest BCUT2D eigenvalue weighted by Gasteiger charge is -2.36. The number of halogens is 2. The van der Waals surface area contributed by atoms with Crippen LogP contribution in [0.25, 0.3) is 0 Å². The van der Waals surface area contributed by atoms with Crippen LogP contribution in [0.5, 0.6) is 0 Å². The van der Waals surface area contributed by atoms with Crippen LogP contribution in [0.4, 0.5) is 10.1 Å². The number of aliphatic imine (C=N–C) groups is 1. The van der Waals surface area contributed by atoms with Crippen molar-refractivity contribution in [2.45, 2.75) is 20.4 Å². The first-order valence-corrected chi connectivity index (χ1v) is 8.10. The number of aromatic amines is 1. The van der Waals surface area contributed by atoms with Crippen LogP contribution < -0.4 is 10.6 Å². The molecule has 1 aliphatic heterocycles. The molecule has 1 fully saturated rings. The van der Waals surface area contributed by atoms with Crippen molar-refractivity contribution in [1.29, 1.82) is 0 Å². The third-order valence-corrected chi connectivity index (χ3v) is 4.48. The zero-order valence-corrected chi connectivity index (χ0v) is 16.8. The van der Waals surface area contributed by atoms with Gasteiger partial charge >= 0.3 is 0 Å². The average Bonchev–Trinajstić information content (AvgIpc) is 2.92. The highest BCUT2D eigenvalue weighted by Crippen LogP contribution is 2.17. The Bertz CT molecular complexity index is 700. The van der Waals surface area contributed by atoms with Crippen molar-refractivity contribution in [2.24, 2.45) is 10.7 Å². The Labute approximate surface area is 164 Å². The molecule has 1 saturated heterocycles. The second-order valence-electron chi connectivity index (χ2n) is 6.04. The van der Waals surface area contributed by atoms with Crippen LogP contribution in [-0.4, -0.2) is 47.2 Å². The summed E-state index contributed by atoms with van der Waals surface area (Å²) >= 11 is 0. The van der Waals surface area contributed by atoms with Gasteiger partial charge in [0.05, 0.1) is 12.2 Å². The first-order valence-electron chi connectivity index (χ1n) is 8.10. The fourth-order valence-electron chi connectivity index (χ4n) is 2.91. The second kappa shape index (κ2) is 8.50. The molecular formula is C17H24FIN6. The zero-order valence-electron chi connectivity index (χ0n) is 14.5. The highest BCUT2D eigenvalue weighted by molar-refractivity contribution is 14.0. The Morgan fingerprint density at radius 1 is 1.20 bits per heavy atom. The fraction of sp³-hybridized carbons (Fsp3) is 0.412. The first-order chi connectivity index (χ1) is 11.5. The summed E-state index contributed by atoms with van der Waals surface area (Å²) in [4.78, 5) is 8.83. The molecule has 1 aromatic carbocycles. The quantitative estimate of drug-likeness (QED) is 0.421. The van der Waals surface area contributed by atoms with Crippen LogP contribution in [0, 0.1) is 19.7 Å². The van der Waals surface area contributed by atoms with E-state index < -0.39 is 0 Å². The highest BCUT2D eigenvalue weighted by atomic mass is 127. The number of benzene rings is 1. The third kappa shape index (κ3) is 4.62. The van der Waals surface area contributed by atoms with Crippen molar-refractivity contribution < 1.29 is 4.39 Å². The summed E-state index contributed by atoms with van der Waals surface area (Å²) in [6, 6.07) is 6.61. The number of rotatable bonds is 3. The maximum Gasteiger partial charge on any atom is 0.191 e. The van der Waals surface area contributed by atoms with Gasteiger partial charge in [0.25, 0.3) is 0 Å². The molecule has 0 spiro atoms. The van der Waals surface area contributed by atoms with Gasteiger partial charge in [-0.15, -0.1) is 24.0 Å². The van der Waals surface area contributed by atoms with Gasteiger partial charge in [0.2, 0.25) is 0 Å². The van der Waals surface area contributed by atoms with E-state index >= 15 is 0 Å². The lowest BCUT2D eigenvalue weighted by molar-refractivity contribution is 0.380. The number of hydrogen-bond donors (Lipinski definition) is 2. The number of guanidine groups is 1. The van der Waals surface area contributed by atoms with E-state index in [0.29, 0.717) is 12.5 Å². The van der Waals surface area contributed by atoms with E-state index in [1.54, 1.807) is 0 Å². The van der Waals surface area contributed by atoms with E-state index in [1.165, 1.54) is 12.1 Å². The summed E-state index contributed by atoms with van der Waals surface area (Å²) in [5.41, 5.74) is 10.3. The van der Waals surface area contributed by atoms with Crippen LogP contribution in [0.15, 0.2) is 29.3 Å². The van der Waals surface area contributed by atoms with E-state index in [-0.39, 0.29) is 29.8 Å². The first kappa shape index (κ1) is 19.5. The smallest absolute Gasteiger partial charge is 0.191 e. The van der Waals surface area contributed by atoms with Gasteiger partial charge in [0, 0.05) is 43.1 Å². The number of anilines is 1. The minimum atomic E-state index is -0.210. The molecule has 0 radical (unpaired) electrons. The van der Waals surface area contributed by atoms with Gasteiger partial charge in [-0.3, -0.25) is 5.10 Å². The predicted molar refractivity (Wildman–Crippen MR) is 109 cm³/mol. The summed E-state index contributed by atoms with van der Waals surface area (Å²) in [7, 11) is 0. The van der Waals surface area contributed by atoms with Crippen molar-refractivity contribution in [3.63, 3.8) is 0 Å². The summed E-state index contributed by atoms with van der Waals surface area (Å²) < 4.78 is 13.0. The molecule has 1 aliphatic rings. The van der Waals surface area contributed by atoms with E-state index in [0.717, 1.165) is 48.8 Å². The lowest BCUT2D eigenvalue weighted by Crippen LogP contribution is -2.51. The summed E-state index contributed by atoms with van der Waals surface area (Å²) in [6.45, 7) is 7.77. The molecule has 25 heavy (non-hydrogen) atoms. The molecule has 0 atom stereocenters. The Balaban J connectivity index is 0.00000225. The van der Waals surface area contributed by atoms with Crippen LogP contribution >= 0.6 is 24.0 Å². The van der Waals surface area contributed by atoms with E-state index in [4.69, 9.17) is 5.73 Å².